The molecule has 0 spiro atoms. The van der Waals surface area contributed by atoms with Crippen LogP contribution in [0.1, 0.15) is 35.1 Å². The molecule has 2 aliphatic rings. The number of nitrogens with zero attached hydrogens (tertiary/aromatic N) is 1. The van der Waals surface area contributed by atoms with E-state index in [1.807, 2.05) is 30.3 Å². The van der Waals surface area contributed by atoms with E-state index < -0.39 is 0 Å². The summed E-state index contributed by atoms with van der Waals surface area (Å²) in [5.74, 6) is 1.46. The Kier molecular flexibility index (Phi) is 4.72. The van der Waals surface area contributed by atoms with E-state index >= 15 is 0 Å². The lowest BCUT2D eigenvalue weighted by Gasteiger charge is -2.30. The molecule has 0 unspecified atom stereocenters. The van der Waals surface area contributed by atoms with Crippen molar-refractivity contribution < 1.29 is 13.9 Å². The zero-order valence-corrected chi connectivity index (χ0v) is 17.1. The van der Waals surface area contributed by atoms with E-state index in [4.69, 9.17) is 25.5 Å². The molecule has 5 rings (SSSR count). The van der Waals surface area contributed by atoms with Crippen LogP contribution in [0.2, 0.25) is 5.02 Å². The van der Waals surface area contributed by atoms with Gasteiger partial charge in [0.15, 0.2) is 0 Å². The fraction of sp³-hybridized carbons (Fsp3) is 0.348. The standard InChI is InChI=1S/C23H22ClNO4/c1-27-15-8-6-14(7-9-15)11-25-12-19-21-18(10-20(24)22(19)28-13-25)16-4-2-3-5-17(16)23(26)29-21/h6-10H,2-5,11-13H2,1H3. The minimum Gasteiger partial charge on any atom is -0.497 e. The maximum atomic E-state index is 12.6. The van der Waals surface area contributed by atoms with Crippen molar-refractivity contribution in [2.45, 2.75) is 38.8 Å². The Bertz CT molecular complexity index is 1140. The molecule has 5 nitrogen and oxygen atoms in total. The van der Waals surface area contributed by atoms with Gasteiger partial charge in [-0.1, -0.05) is 23.7 Å². The van der Waals surface area contributed by atoms with Gasteiger partial charge in [-0.25, -0.2) is 4.79 Å². The average molecular weight is 412 g/mol. The van der Waals surface area contributed by atoms with Crippen molar-refractivity contribution in [3.8, 4) is 11.5 Å². The van der Waals surface area contributed by atoms with Crippen molar-refractivity contribution >= 4 is 22.6 Å². The molecule has 2 aromatic carbocycles. The second-order valence-corrected chi connectivity index (χ2v) is 8.11. The third kappa shape index (κ3) is 3.28. The van der Waals surface area contributed by atoms with E-state index in [2.05, 4.69) is 4.90 Å². The highest BCUT2D eigenvalue weighted by atomic mass is 35.5. The summed E-state index contributed by atoms with van der Waals surface area (Å²) in [6.07, 6.45) is 3.78. The van der Waals surface area contributed by atoms with Gasteiger partial charge in [0.2, 0.25) is 0 Å². The number of hydrogen-bond donors (Lipinski definition) is 0. The molecule has 0 saturated heterocycles. The zero-order valence-electron chi connectivity index (χ0n) is 16.3. The van der Waals surface area contributed by atoms with Gasteiger partial charge in [0.1, 0.15) is 23.8 Å². The van der Waals surface area contributed by atoms with Crippen LogP contribution in [0.3, 0.4) is 0 Å². The topological polar surface area (TPSA) is 51.9 Å². The van der Waals surface area contributed by atoms with Gasteiger partial charge >= 0.3 is 5.63 Å². The summed E-state index contributed by atoms with van der Waals surface area (Å²) in [4.78, 5) is 14.8. The van der Waals surface area contributed by atoms with Gasteiger partial charge in [-0.05, 0) is 55.0 Å². The van der Waals surface area contributed by atoms with Crippen molar-refractivity contribution in [3.63, 3.8) is 0 Å². The zero-order chi connectivity index (χ0) is 20.0. The molecule has 0 N–H and O–H groups in total. The molecule has 0 amide bonds. The maximum absolute atomic E-state index is 12.6. The first-order valence-electron chi connectivity index (χ1n) is 9.92. The highest BCUT2D eigenvalue weighted by Crippen LogP contribution is 2.41. The number of halogens is 1. The first-order valence-corrected chi connectivity index (χ1v) is 10.3. The molecule has 1 aliphatic heterocycles. The lowest BCUT2D eigenvalue weighted by atomic mass is 9.90. The van der Waals surface area contributed by atoms with E-state index in [1.54, 1.807) is 7.11 Å². The molecule has 2 heterocycles. The largest absolute Gasteiger partial charge is 0.497 e. The number of ether oxygens (including phenoxy) is 2. The molecule has 150 valence electrons. The summed E-state index contributed by atoms with van der Waals surface area (Å²) in [5, 5.41) is 1.54. The number of fused-ring (bicyclic) bond motifs is 5. The third-order valence-electron chi connectivity index (χ3n) is 5.85. The second kappa shape index (κ2) is 7.39. The molecule has 1 aliphatic carbocycles. The molecular formula is C23H22ClNO4. The molecule has 6 heteroatoms. The third-order valence-corrected chi connectivity index (χ3v) is 6.13. The highest BCUT2D eigenvalue weighted by Gasteiger charge is 2.27. The van der Waals surface area contributed by atoms with Gasteiger partial charge in [0, 0.05) is 24.0 Å². The van der Waals surface area contributed by atoms with Gasteiger partial charge in [0.05, 0.1) is 17.7 Å². The summed E-state index contributed by atoms with van der Waals surface area (Å²) in [6, 6.07) is 9.89. The van der Waals surface area contributed by atoms with Crippen molar-refractivity contribution in [2.75, 3.05) is 13.8 Å². The average Bonchev–Trinajstić information content (AvgIpc) is 2.75. The number of aryl methyl sites for hydroxylation is 1. The minimum absolute atomic E-state index is 0.219. The molecule has 0 saturated carbocycles. The fourth-order valence-electron chi connectivity index (χ4n) is 4.41. The van der Waals surface area contributed by atoms with Crippen LogP contribution in [0.15, 0.2) is 39.5 Å². The van der Waals surface area contributed by atoms with Crippen molar-refractivity contribution in [3.05, 3.63) is 68.0 Å². The van der Waals surface area contributed by atoms with Crippen LogP contribution in [-0.4, -0.2) is 18.7 Å². The second-order valence-electron chi connectivity index (χ2n) is 7.71. The number of benzene rings is 2. The van der Waals surface area contributed by atoms with Crippen LogP contribution in [0.4, 0.5) is 0 Å². The predicted octanol–water partition coefficient (Wildman–Crippen LogP) is 4.69. The summed E-state index contributed by atoms with van der Waals surface area (Å²) >= 11 is 6.57. The van der Waals surface area contributed by atoms with Crippen LogP contribution >= 0.6 is 11.6 Å². The summed E-state index contributed by atoms with van der Waals surface area (Å²) in [6.45, 7) is 1.76. The monoisotopic (exact) mass is 411 g/mol. The first-order chi connectivity index (χ1) is 14.1. The van der Waals surface area contributed by atoms with Crippen molar-refractivity contribution in [1.82, 2.24) is 4.90 Å². The van der Waals surface area contributed by atoms with Crippen LogP contribution in [0, 0.1) is 0 Å². The Morgan fingerprint density at radius 1 is 1.10 bits per heavy atom. The molecule has 0 bridgehead atoms. The molecule has 3 aromatic rings. The van der Waals surface area contributed by atoms with Gasteiger partial charge in [-0.15, -0.1) is 0 Å². The highest BCUT2D eigenvalue weighted by molar-refractivity contribution is 6.33. The van der Waals surface area contributed by atoms with Crippen LogP contribution < -0.4 is 15.1 Å². The quantitative estimate of drug-likeness (QED) is 0.585. The van der Waals surface area contributed by atoms with Crippen LogP contribution in [0.25, 0.3) is 11.0 Å². The van der Waals surface area contributed by atoms with E-state index in [-0.39, 0.29) is 5.63 Å². The lowest BCUT2D eigenvalue weighted by Crippen LogP contribution is -2.32. The molecule has 0 radical (unpaired) electrons. The summed E-state index contributed by atoms with van der Waals surface area (Å²) in [5.41, 5.74) is 4.32. The first kappa shape index (κ1) is 18.5. The molecule has 0 atom stereocenters. The van der Waals surface area contributed by atoms with Gasteiger partial charge < -0.3 is 13.9 Å². The molecule has 0 fully saturated rings. The van der Waals surface area contributed by atoms with E-state index in [9.17, 15) is 4.79 Å². The molecular weight excluding hydrogens is 390 g/mol. The Hall–Kier alpha value is -2.50. The maximum Gasteiger partial charge on any atom is 0.339 e. The van der Waals surface area contributed by atoms with Crippen LogP contribution in [-0.2, 0) is 25.9 Å². The van der Waals surface area contributed by atoms with Gasteiger partial charge in [0.25, 0.3) is 0 Å². The molecule has 29 heavy (non-hydrogen) atoms. The van der Waals surface area contributed by atoms with Gasteiger partial charge in [-0.3, -0.25) is 4.90 Å². The fourth-order valence-corrected chi connectivity index (χ4v) is 4.68. The van der Waals surface area contributed by atoms with Gasteiger partial charge in [-0.2, -0.15) is 0 Å². The molecule has 1 aromatic heterocycles. The number of rotatable bonds is 3. The minimum atomic E-state index is -0.219. The van der Waals surface area contributed by atoms with Crippen molar-refractivity contribution in [1.29, 1.82) is 0 Å². The number of hydrogen-bond acceptors (Lipinski definition) is 5. The smallest absolute Gasteiger partial charge is 0.339 e. The summed E-state index contributed by atoms with van der Waals surface area (Å²) < 4.78 is 17.0. The van der Waals surface area contributed by atoms with Crippen molar-refractivity contribution in [2.24, 2.45) is 0 Å². The predicted molar refractivity (Wildman–Crippen MR) is 112 cm³/mol. The Balaban J connectivity index is 1.54. The lowest BCUT2D eigenvalue weighted by molar-refractivity contribution is 0.0890. The van der Waals surface area contributed by atoms with E-state index in [0.717, 1.165) is 59.1 Å². The SMILES string of the molecule is COc1ccc(CN2COc3c(Cl)cc4c5c(c(=O)oc4c3C2)CCCC5)cc1. The Labute approximate surface area is 173 Å². The van der Waals surface area contributed by atoms with E-state index in [0.29, 0.717) is 36.2 Å². The van der Waals surface area contributed by atoms with E-state index in [1.165, 1.54) is 0 Å². The Morgan fingerprint density at radius 2 is 1.86 bits per heavy atom. The Morgan fingerprint density at radius 3 is 2.62 bits per heavy atom. The van der Waals surface area contributed by atoms with Crippen LogP contribution in [0.5, 0.6) is 11.5 Å². The number of methoxy groups -OCH3 is 1. The normalized spacial score (nSPS) is 16.2. The summed E-state index contributed by atoms with van der Waals surface area (Å²) in [7, 11) is 1.66.